The summed E-state index contributed by atoms with van der Waals surface area (Å²) >= 11 is 3.53. The molecule has 1 aliphatic rings. The van der Waals surface area contributed by atoms with Crippen LogP contribution in [0.1, 0.15) is 31.0 Å². The lowest BCUT2D eigenvalue weighted by molar-refractivity contribution is -0.114. The van der Waals surface area contributed by atoms with E-state index in [0.29, 0.717) is 33.8 Å². The van der Waals surface area contributed by atoms with Crippen molar-refractivity contribution in [2.45, 2.75) is 26.5 Å². The van der Waals surface area contributed by atoms with Crippen molar-refractivity contribution < 1.29 is 19.1 Å². The van der Waals surface area contributed by atoms with Gasteiger partial charge in [-0.05, 0) is 53.0 Å². The molecule has 1 atom stereocenters. The van der Waals surface area contributed by atoms with Crippen molar-refractivity contribution in [2.24, 2.45) is 0 Å². The second-order valence-corrected chi connectivity index (χ2v) is 7.29. The molecule has 0 radical (unpaired) electrons. The Balaban J connectivity index is 1.95. The number of ketones is 1. The number of rotatable bonds is 6. The van der Waals surface area contributed by atoms with E-state index in [1.807, 2.05) is 36.4 Å². The third-order valence-corrected chi connectivity index (χ3v) is 5.05. The number of nitrogens with one attached hydrogen (secondary N) is 2. The van der Waals surface area contributed by atoms with Gasteiger partial charge in [-0.2, -0.15) is 0 Å². The zero-order valence-electron chi connectivity index (χ0n) is 15.8. The Morgan fingerprint density at radius 2 is 1.93 bits per heavy atom. The summed E-state index contributed by atoms with van der Waals surface area (Å²) in [6, 6.07) is 12.5. The molecule has 0 spiro atoms. The third kappa shape index (κ3) is 4.20. The zero-order valence-corrected chi connectivity index (χ0v) is 17.4. The maximum atomic E-state index is 12.1. The molecule has 2 N–H and O–H groups in total. The highest BCUT2D eigenvalue weighted by molar-refractivity contribution is 9.10. The molecule has 7 heteroatoms. The van der Waals surface area contributed by atoms with Crippen molar-refractivity contribution in [1.29, 1.82) is 0 Å². The van der Waals surface area contributed by atoms with Gasteiger partial charge in [0.25, 0.3) is 0 Å². The Morgan fingerprint density at radius 1 is 1.21 bits per heavy atom. The van der Waals surface area contributed by atoms with E-state index in [-0.39, 0.29) is 11.8 Å². The lowest BCUT2D eigenvalue weighted by atomic mass is 9.93. The molecule has 0 fully saturated rings. The standard InChI is InChI=1S/C21H21BrN2O4/c1-12-18(13(2)25)19(24-21(26)23-12)15-9-16(22)20(17(10-15)27-3)28-11-14-7-5-4-6-8-14/h4-10,19H,11H2,1-3H3,(H2,23,24,26)/t19-/m1/s1. The lowest BCUT2D eigenvalue weighted by Crippen LogP contribution is -2.44. The molecule has 6 nitrogen and oxygen atoms in total. The molecule has 0 saturated heterocycles. The molecule has 0 saturated carbocycles. The summed E-state index contributed by atoms with van der Waals surface area (Å²) in [6.45, 7) is 3.58. The first-order valence-electron chi connectivity index (χ1n) is 8.74. The Kier molecular flexibility index (Phi) is 6.04. The SMILES string of the molecule is COc1cc([C@H]2NC(=O)NC(C)=C2C(C)=O)cc(Br)c1OCc1ccccc1. The number of methoxy groups -OCH3 is 1. The average molecular weight is 445 g/mol. The van der Waals surface area contributed by atoms with E-state index in [2.05, 4.69) is 26.6 Å². The van der Waals surface area contributed by atoms with Crippen LogP contribution < -0.4 is 20.1 Å². The quantitative estimate of drug-likeness (QED) is 0.697. The second kappa shape index (κ2) is 8.48. The highest BCUT2D eigenvalue weighted by atomic mass is 79.9. The van der Waals surface area contributed by atoms with Gasteiger partial charge in [-0.25, -0.2) is 4.79 Å². The topological polar surface area (TPSA) is 76.7 Å². The molecule has 2 amide bonds. The van der Waals surface area contributed by atoms with Gasteiger partial charge in [0, 0.05) is 11.3 Å². The smallest absolute Gasteiger partial charge is 0.319 e. The minimum Gasteiger partial charge on any atom is -0.493 e. The number of urea groups is 1. The minimum absolute atomic E-state index is 0.116. The molecular weight excluding hydrogens is 424 g/mol. The number of ether oxygens (including phenoxy) is 2. The predicted molar refractivity (Wildman–Crippen MR) is 109 cm³/mol. The fourth-order valence-electron chi connectivity index (χ4n) is 3.19. The maximum absolute atomic E-state index is 12.1. The van der Waals surface area contributed by atoms with E-state index in [4.69, 9.17) is 9.47 Å². The van der Waals surface area contributed by atoms with Crippen LogP contribution >= 0.6 is 15.9 Å². The van der Waals surface area contributed by atoms with E-state index in [9.17, 15) is 9.59 Å². The van der Waals surface area contributed by atoms with E-state index in [1.165, 1.54) is 6.92 Å². The van der Waals surface area contributed by atoms with Gasteiger partial charge >= 0.3 is 6.03 Å². The molecule has 146 valence electrons. The normalized spacial score (nSPS) is 16.3. The molecule has 2 aromatic rings. The number of hydrogen-bond donors (Lipinski definition) is 2. The Bertz CT molecular complexity index is 941. The largest absolute Gasteiger partial charge is 0.493 e. The van der Waals surface area contributed by atoms with Crippen LogP contribution in [0.2, 0.25) is 0 Å². The summed E-state index contributed by atoms with van der Waals surface area (Å²) < 4.78 is 12.1. The Morgan fingerprint density at radius 3 is 2.57 bits per heavy atom. The molecule has 28 heavy (non-hydrogen) atoms. The van der Waals surface area contributed by atoms with Crippen molar-refractivity contribution in [2.75, 3.05) is 7.11 Å². The number of halogens is 1. The van der Waals surface area contributed by atoms with Crippen molar-refractivity contribution in [1.82, 2.24) is 10.6 Å². The highest BCUT2D eigenvalue weighted by Gasteiger charge is 2.30. The van der Waals surface area contributed by atoms with Crippen LogP contribution in [0, 0.1) is 0 Å². The third-order valence-electron chi connectivity index (χ3n) is 4.46. The van der Waals surface area contributed by atoms with Crippen molar-refractivity contribution >= 4 is 27.7 Å². The first kappa shape index (κ1) is 19.9. The number of carbonyl (C=O) groups is 2. The average Bonchev–Trinajstić information content (AvgIpc) is 2.66. The molecule has 2 aromatic carbocycles. The van der Waals surface area contributed by atoms with Crippen molar-refractivity contribution in [3.8, 4) is 11.5 Å². The van der Waals surface area contributed by atoms with Gasteiger partial charge in [-0.3, -0.25) is 4.79 Å². The van der Waals surface area contributed by atoms with Gasteiger partial charge in [0.15, 0.2) is 17.3 Å². The van der Waals surface area contributed by atoms with E-state index < -0.39 is 6.04 Å². The first-order chi connectivity index (χ1) is 13.4. The number of carbonyl (C=O) groups excluding carboxylic acids is 2. The van der Waals surface area contributed by atoms with Gasteiger partial charge in [0.1, 0.15) is 6.61 Å². The van der Waals surface area contributed by atoms with E-state index >= 15 is 0 Å². The number of allylic oxidation sites excluding steroid dienone is 1. The van der Waals surface area contributed by atoms with Gasteiger partial charge in [0.2, 0.25) is 0 Å². The maximum Gasteiger partial charge on any atom is 0.319 e. The van der Waals surface area contributed by atoms with Crippen LogP contribution in [-0.2, 0) is 11.4 Å². The second-order valence-electron chi connectivity index (χ2n) is 6.43. The first-order valence-corrected chi connectivity index (χ1v) is 9.53. The molecule has 0 aromatic heterocycles. The van der Waals surface area contributed by atoms with Crippen LogP contribution in [0.4, 0.5) is 4.79 Å². The lowest BCUT2D eigenvalue weighted by Gasteiger charge is -2.28. The Hall–Kier alpha value is -2.80. The summed E-state index contributed by atoms with van der Waals surface area (Å²) in [5.74, 6) is 0.948. The monoisotopic (exact) mass is 444 g/mol. The zero-order chi connectivity index (χ0) is 20.3. The summed E-state index contributed by atoms with van der Waals surface area (Å²) in [7, 11) is 1.55. The molecule has 1 heterocycles. The van der Waals surface area contributed by atoms with Crippen LogP contribution in [-0.4, -0.2) is 18.9 Å². The predicted octanol–water partition coefficient (Wildman–Crippen LogP) is 4.25. The van der Waals surface area contributed by atoms with Crippen LogP contribution in [0.3, 0.4) is 0 Å². The molecule has 1 aliphatic heterocycles. The number of Topliss-reactive ketones (excluding diaryl/α,β-unsaturated/α-hetero) is 1. The highest BCUT2D eigenvalue weighted by Crippen LogP contribution is 2.40. The van der Waals surface area contributed by atoms with Crippen molar-refractivity contribution in [3.05, 3.63) is 69.3 Å². The van der Waals surface area contributed by atoms with E-state index in [1.54, 1.807) is 20.1 Å². The summed E-state index contributed by atoms with van der Waals surface area (Å²) in [5.41, 5.74) is 2.80. The number of hydrogen-bond acceptors (Lipinski definition) is 4. The minimum atomic E-state index is -0.570. The molecule has 0 unspecified atom stereocenters. The van der Waals surface area contributed by atoms with Gasteiger partial charge in [-0.1, -0.05) is 30.3 Å². The number of amides is 2. The van der Waals surface area contributed by atoms with Crippen molar-refractivity contribution in [3.63, 3.8) is 0 Å². The van der Waals surface area contributed by atoms with Gasteiger partial charge in [-0.15, -0.1) is 0 Å². The summed E-state index contributed by atoms with van der Waals surface area (Å²) in [6.07, 6.45) is 0. The molecule has 0 aliphatic carbocycles. The van der Waals surface area contributed by atoms with Crippen LogP contribution in [0.25, 0.3) is 0 Å². The van der Waals surface area contributed by atoms with Crippen LogP contribution in [0.15, 0.2) is 58.2 Å². The number of benzene rings is 2. The van der Waals surface area contributed by atoms with Crippen LogP contribution in [0.5, 0.6) is 11.5 Å². The molecule has 3 rings (SSSR count). The fraction of sp³-hybridized carbons (Fsp3) is 0.238. The Labute approximate surface area is 172 Å². The molecule has 0 bridgehead atoms. The van der Waals surface area contributed by atoms with Gasteiger partial charge < -0.3 is 20.1 Å². The van der Waals surface area contributed by atoms with E-state index in [0.717, 1.165) is 11.1 Å². The molecular formula is C21H21BrN2O4. The van der Waals surface area contributed by atoms with Gasteiger partial charge in [0.05, 0.1) is 17.6 Å². The summed E-state index contributed by atoms with van der Waals surface area (Å²) in [5, 5.41) is 5.45. The summed E-state index contributed by atoms with van der Waals surface area (Å²) in [4.78, 5) is 24.1. The fourth-order valence-corrected chi connectivity index (χ4v) is 3.76.